The Labute approximate surface area is 87.6 Å². The first kappa shape index (κ1) is 11.4. The van der Waals surface area contributed by atoms with Gasteiger partial charge in [-0.05, 0) is 0 Å². The van der Waals surface area contributed by atoms with Gasteiger partial charge in [-0.2, -0.15) is 0 Å². The zero-order valence-corrected chi connectivity index (χ0v) is 7.58. The molecule has 1 N–H and O–H groups in total. The number of nitrogens with zero attached hydrogens (tertiary/aromatic N) is 2. The summed E-state index contributed by atoms with van der Waals surface area (Å²) in [5.74, 6) is 0. The largest absolute Gasteiger partial charge is 0.530 e. The summed E-state index contributed by atoms with van der Waals surface area (Å²) in [6.45, 7) is 0. The number of anilines is 1. The molecule has 1 aromatic carbocycles. The van der Waals surface area contributed by atoms with Crippen molar-refractivity contribution in [2.24, 2.45) is 0 Å². The van der Waals surface area contributed by atoms with E-state index in [0.29, 0.717) is 0 Å². The van der Waals surface area contributed by atoms with Crippen LogP contribution in [0.3, 0.4) is 0 Å². The number of nitrogens with one attached hydrogen (secondary N) is 1. The van der Waals surface area contributed by atoms with E-state index in [2.05, 4.69) is 0 Å². The van der Waals surface area contributed by atoms with Gasteiger partial charge in [0, 0.05) is 12.1 Å². The van der Waals surface area contributed by atoms with Gasteiger partial charge in [-0.25, -0.2) is 0 Å². The molecule has 0 aliphatic heterocycles. The van der Waals surface area contributed by atoms with E-state index in [1.165, 1.54) is 0 Å². The molecule has 0 saturated heterocycles. The maximum absolute atomic E-state index is 10.4. The number of benzene rings is 1. The Morgan fingerprint density at radius 1 is 1.06 bits per heavy atom. The highest BCUT2D eigenvalue weighted by atomic mass is 16.6. The molecule has 1 aromatic rings. The van der Waals surface area contributed by atoms with Gasteiger partial charge in [0.15, 0.2) is 0 Å². The minimum atomic E-state index is -1.71. The molecule has 84 valence electrons. The van der Waals surface area contributed by atoms with Gasteiger partial charge in [0.05, 0.1) is 21.6 Å². The van der Waals surface area contributed by atoms with Crippen molar-refractivity contribution < 1.29 is 19.7 Å². The molecular weight excluding hydrogens is 222 g/mol. The monoisotopic (exact) mass is 226 g/mol. The standard InChI is InChI=1S/C7H5N3O6/c11-7(12)8-4-1-5(9(13)14)3-6(2-4)10(15)16/h1-3,8H,(H,11,12)/p-1. The minimum absolute atomic E-state index is 0.291. The molecule has 0 aliphatic rings. The second-order valence-corrected chi connectivity index (χ2v) is 2.66. The highest BCUT2D eigenvalue weighted by Crippen LogP contribution is 2.25. The second-order valence-electron chi connectivity index (χ2n) is 2.66. The Hall–Kier alpha value is -2.71. The molecule has 0 aromatic heterocycles. The predicted octanol–water partition coefficient (Wildman–Crippen LogP) is 0.258. The van der Waals surface area contributed by atoms with E-state index in [9.17, 15) is 30.1 Å². The number of non-ortho nitro benzene ring substituents is 2. The molecule has 0 unspecified atom stereocenters. The smallest absolute Gasteiger partial charge is 0.278 e. The van der Waals surface area contributed by atoms with Gasteiger partial charge in [-0.1, -0.05) is 0 Å². The van der Waals surface area contributed by atoms with E-state index in [-0.39, 0.29) is 5.69 Å². The van der Waals surface area contributed by atoms with Crippen molar-refractivity contribution in [3.63, 3.8) is 0 Å². The summed E-state index contributed by atoms with van der Waals surface area (Å²) in [7, 11) is 0. The number of amides is 1. The summed E-state index contributed by atoms with van der Waals surface area (Å²) < 4.78 is 0. The molecule has 0 heterocycles. The average Bonchev–Trinajstić information content (AvgIpc) is 2.15. The third-order valence-corrected chi connectivity index (χ3v) is 1.57. The van der Waals surface area contributed by atoms with Crippen molar-refractivity contribution in [2.75, 3.05) is 5.32 Å². The highest BCUT2D eigenvalue weighted by molar-refractivity contribution is 5.82. The van der Waals surface area contributed by atoms with Crippen LogP contribution in [0.2, 0.25) is 0 Å². The summed E-state index contributed by atoms with van der Waals surface area (Å²) in [6.07, 6.45) is -1.71. The van der Waals surface area contributed by atoms with Crippen molar-refractivity contribution in [2.45, 2.75) is 0 Å². The van der Waals surface area contributed by atoms with E-state index < -0.39 is 27.3 Å². The van der Waals surface area contributed by atoms with Crippen LogP contribution in [0, 0.1) is 20.2 Å². The van der Waals surface area contributed by atoms with Gasteiger partial charge in [0.2, 0.25) is 0 Å². The van der Waals surface area contributed by atoms with Crippen molar-refractivity contribution in [1.29, 1.82) is 0 Å². The van der Waals surface area contributed by atoms with Crippen molar-refractivity contribution in [3.05, 3.63) is 38.4 Å². The van der Waals surface area contributed by atoms with Gasteiger partial charge < -0.3 is 15.2 Å². The summed E-state index contributed by atoms with van der Waals surface area (Å²) in [5.41, 5.74) is -1.46. The van der Waals surface area contributed by atoms with E-state index in [0.717, 1.165) is 18.2 Å². The molecule has 0 spiro atoms. The van der Waals surface area contributed by atoms with Gasteiger partial charge in [-0.15, -0.1) is 0 Å². The highest BCUT2D eigenvalue weighted by Gasteiger charge is 2.16. The van der Waals surface area contributed by atoms with Crippen LogP contribution in [0.25, 0.3) is 0 Å². The van der Waals surface area contributed by atoms with Crippen molar-refractivity contribution >= 4 is 23.2 Å². The fourth-order valence-corrected chi connectivity index (χ4v) is 0.996. The molecule has 0 atom stereocenters. The number of carbonyl (C=O) groups excluding carboxylic acids is 1. The quantitative estimate of drug-likeness (QED) is 0.579. The molecular formula is C7H4N3O6-. The number of hydrogen-bond acceptors (Lipinski definition) is 6. The number of carbonyl (C=O) groups is 1. The van der Waals surface area contributed by atoms with Crippen molar-refractivity contribution in [3.8, 4) is 0 Å². The second kappa shape index (κ2) is 4.21. The van der Waals surface area contributed by atoms with E-state index >= 15 is 0 Å². The maximum atomic E-state index is 10.4. The van der Waals surface area contributed by atoms with Crippen LogP contribution in [-0.2, 0) is 0 Å². The number of hydrogen-bond donors (Lipinski definition) is 1. The van der Waals surface area contributed by atoms with Gasteiger partial charge in [0.25, 0.3) is 11.4 Å². The van der Waals surface area contributed by atoms with E-state index in [4.69, 9.17) is 0 Å². The maximum Gasteiger partial charge on any atom is 0.278 e. The van der Waals surface area contributed by atoms with Crippen LogP contribution in [0.15, 0.2) is 18.2 Å². The summed E-state index contributed by atoms with van der Waals surface area (Å²) in [4.78, 5) is 29.2. The van der Waals surface area contributed by atoms with E-state index in [1.54, 1.807) is 5.32 Å². The zero-order chi connectivity index (χ0) is 12.3. The Balaban J connectivity index is 3.23. The molecule has 0 aliphatic carbocycles. The number of nitro benzene ring substituents is 2. The van der Waals surface area contributed by atoms with Crippen molar-refractivity contribution in [1.82, 2.24) is 0 Å². The van der Waals surface area contributed by atoms with Crippen LogP contribution in [0.5, 0.6) is 0 Å². The van der Waals surface area contributed by atoms with Crippen LogP contribution in [-0.4, -0.2) is 15.9 Å². The predicted molar refractivity (Wildman–Crippen MR) is 48.8 cm³/mol. The normalized spacial score (nSPS) is 9.50. The summed E-state index contributed by atoms with van der Waals surface area (Å²) >= 11 is 0. The number of nitro groups is 2. The Morgan fingerprint density at radius 2 is 1.50 bits per heavy atom. The van der Waals surface area contributed by atoms with Crippen LogP contribution < -0.4 is 10.4 Å². The summed E-state index contributed by atoms with van der Waals surface area (Å²) in [6, 6.07) is 2.42. The lowest BCUT2D eigenvalue weighted by molar-refractivity contribution is -0.394. The Bertz CT molecular complexity index is 439. The fraction of sp³-hybridized carbons (Fsp3) is 0. The first-order chi connectivity index (χ1) is 7.40. The molecule has 9 nitrogen and oxygen atoms in total. The van der Waals surface area contributed by atoms with Gasteiger partial charge >= 0.3 is 0 Å². The SMILES string of the molecule is O=C([O-])Nc1cc([N+](=O)[O-])cc([N+](=O)[O-])c1. The first-order valence-corrected chi connectivity index (χ1v) is 3.82. The molecule has 16 heavy (non-hydrogen) atoms. The first-order valence-electron chi connectivity index (χ1n) is 3.82. The lowest BCUT2D eigenvalue weighted by Crippen LogP contribution is -2.28. The van der Waals surface area contributed by atoms with E-state index in [1.807, 2.05) is 0 Å². The lowest BCUT2D eigenvalue weighted by Gasteiger charge is -2.05. The van der Waals surface area contributed by atoms with Gasteiger partial charge in [-0.3, -0.25) is 20.2 Å². The zero-order valence-electron chi connectivity index (χ0n) is 7.58. The molecule has 0 bridgehead atoms. The van der Waals surface area contributed by atoms with Crippen LogP contribution >= 0.6 is 0 Å². The topological polar surface area (TPSA) is 138 Å². The molecule has 0 fully saturated rings. The molecule has 0 radical (unpaired) electrons. The number of rotatable bonds is 3. The molecule has 9 heteroatoms. The Kier molecular flexibility index (Phi) is 2.99. The van der Waals surface area contributed by atoms with Crippen LogP contribution in [0.1, 0.15) is 0 Å². The molecule has 0 saturated carbocycles. The number of carboxylic acid groups (broad SMARTS) is 1. The summed E-state index contributed by atoms with van der Waals surface area (Å²) in [5, 5.41) is 32.7. The third-order valence-electron chi connectivity index (χ3n) is 1.57. The molecule has 1 rings (SSSR count). The van der Waals surface area contributed by atoms with Gasteiger partial charge in [0.1, 0.15) is 6.09 Å². The third kappa shape index (κ3) is 2.64. The average molecular weight is 226 g/mol. The molecule has 1 amide bonds. The van der Waals surface area contributed by atoms with Crippen LogP contribution in [0.4, 0.5) is 21.9 Å². The fourth-order valence-electron chi connectivity index (χ4n) is 0.996. The minimum Gasteiger partial charge on any atom is -0.530 e. The Morgan fingerprint density at radius 3 is 1.81 bits per heavy atom. The lowest BCUT2D eigenvalue weighted by atomic mass is 10.2.